The van der Waals surface area contributed by atoms with Gasteiger partial charge < -0.3 is 50.1 Å². The number of benzene rings is 2. The number of fused-ring (bicyclic) bond motifs is 1. The van der Waals surface area contributed by atoms with Crippen molar-refractivity contribution in [2.24, 2.45) is 21.8 Å². The van der Waals surface area contributed by atoms with Crippen molar-refractivity contribution < 1.29 is 23.6 Å². The van der Waals surface area contributed by atoms with Crippen molar-refractivity contribution in [3.63, 3.8) is 0 Å². The average Bonchev–Trinajstić information content (AvgIpc) is 3.07. The Morgan fingerprint density at radius 3 is 2.87 bits per heavy atom. The normalized spacial score (nSPS) is 19.9. The van der Waals surface area contributed by atoms with Gasteiger partial charge in [-0.2, -0.15) is 0 Å². The zero-order chi connectivity index (χ0) is 26.7. The molecule has 2 heterocycles. The number of anilines is 1. The Labute approximate surface area is 245 Å². The molecule has 0 radical (unpaired) electrons. The molecular weight excluding hydrogens is 477 g/mol. The van der Waals surface area contributed by atoms with E-state index in [-0.39, 0.29) is 18.9 Å². The van der Waals surface area contributed by atoms with Crippen molar-refractivity contribution in [2.75, 3.05) is 18.4 Å². The smallest absolute Gasteiger partial charge is 0.472 e. The van der Waals surface area contributed by atoms with E-state index < -0.39 is 0 Å². The summed E-state index contributed by atoms with van der Waals surface area (Å²) in [6.45, 7) is 12.3. The van der Waals surface area contributed by atoms with Crippen molar-refractivity contribution in [1.82, 2.24) is 5.32 Å². The fourth-order valence-electron chi connectivity index (χ4n) is 4.95. The third kappa shape index (κ3) is 9.35. The Morgan fingerprint density at radius 1 is 1.21 bits per heavy atom. The SMILES string of the molecule is [CH-]=CC(=[C-]C(=NC=[N-])Nc1ccc(Oc2ccc3c(c2)N=CC(C)CC3)c(C)c1)CC1CCCCNCC1.[Li+]. The molecule has 2 unspecified atom stereocenters. The molecule has 1 fully saturated rings. The first-order chi connectivity index (χ1) is 18.5. The van der Waals surface area contributed by atoms with Crippen molar-refractivity contribution in [3.05, 3.63) is 77.2 Å². The van der Waals surface area contributed by atoms with Crippen LogP contribution >= 0.6 is 0 Å². The summed E-state index contributed by atoms with van der Waals surface area (Å²) < 4.78 is 6.21. The summed E-state index contributed by atoms with van der Waals surface area (Å²) in [4.78, 5) is 8.74. The van der Waals surface area contributed by atoms with E-state index in [9.17, 15) is 5.41 Å². The van der Waals surface area contributed by atoms with Gasteiger partial charge in [-0.3, -0.25) is 4.99 Å². The third-order valence-corrected chi connectivity index (χ3v) is 7.18. The number of amidine groups is 1. The number of nitrogens with zero attached hydrogens (tertiary/aromatic N) is 3. The van der Waals surface area contributed by atoms with E-state index in [1.54, 1.807) is 6.08 Å². The van der Waals surface area contributed by atoms with E-state index >= 15 is 0 Å². The second kappa shape index (κ2) is 15.6. The molecule has 2 aliphatic heterocycles. The number of aliphatic imine (C=N–C) groups is 2. The molecule has 2 aromatic carbocycles. The van der Waals surface area contributed by atoms with Gasteiger partial charge in [0.2, 0.25) is 0 Å². The number of hydrogen-bond acceptors (Lipinski definition) is 3. The molecule has 0 aromatic heterocycles. The van der Waals surface area contributed by atoms with E-state index in [0.29, 0.717) is 17.7 Å². The van der Waals surface area contributed by atoms with Crippen LogP contribution in [0.2, 0.25) is 0 Å². The minimum Gasteiger partial charge on any atom is -0.472 e. The summed E-state index contributed by atoms with van der Waals surface area (Å²) in [5.74, 6) is 2.96. The summed E-state index contributed by atoms with van der Waals surface area (Å²) in [6, 6.07) is 12.0. The molecule has 6 nitrogen and oxygen atoms in total. The Hall–Kier alpha value is -2.91. The van der Waals surface area contributed by atoms with Gasteiger partial charge in [-0.05, 0) is 87.0 Å². The maximum absolute atomic E-state index is 9.39. The summed E-state index contributed by atoms with van der Waals surface area (Å²) in [6.07, 6.45) is 15.3. The molecule has 0 amide bonds. The summed E-state index contributed by atoms with van der Waals surface area (Å²) in [5, 5.41) is 16.1. The van der Waals surface area contributed by atoms with Gasteiger partial charge >= 0.3 is 18.9 Å². The van der Waals surface area contributed by atoms with Gasteiger partial charge in [0.1, 0.15) is 11.5 Å². The maximum Gasteiger partial charge on any atom is 1.00 e. The number of hydrogen-bond donors (Lipinski definition) is 2. The van der Waals surface area contributed by atoms with Crippen molar-refractivity contribution in [1.29, 1.82) is 0 Å². The van der Waals surface area contributed by atoms with Crippen LogP contribution in [0.5, 0.6) is 11.5 Å². The van der Waals surface area contributed by atoms with E-state index in [4.69, 9.17) is 11.3 Å². The molecule has 7 heteroatoms. The van der Waals surface area contributed by atoms with Gasteiger partial charge in [0.25, 0.3) is 0 Å². The molecule has 2 atom stereocenters. The molecule has 1 saturated heterocycles. The molecule has 39 heavy (non-hydrogen) atoms. The Balaban J connectivity index is 0.00000420. The van der Waals surface area contributed by atoms with Gasteiger partial charge in [0.15, 0.2) is 0 Å². The van der Waals surface area contributed by atoms with Gasteiger partial charge in [-0.1, -0.05) is 37.6 Å². The van der Waals surface area contributed by atoms with Crippen molar-refractivity contribution in [3.8, 4) is 11.5 Å². The van der Waals surface area contributed by atoms with Gasteiger partial charge in [-0.25, -0.2) is 0 Å². The molecule has 0 saturated carbocycles. The first kappa shape index (κ1) is 30.6. The standard InChI is InChI=1S/C32H38N5O.Li/c1-4-25(18-26-7-5-6-15-34-16-14-26)19-32(36-22-33)37-28-11-13-31(24(3)17-28)38-29-12-10-27-9-8-23(2)21-35-30(27)20-29;/h1,4,10-13,17,20-23,26,34H,5-9,14-16,18H2,2-3H3,(H-,33,36,37);/q-3;+1. The van der Waals surface area contributed by atoms with Crippen LogP contribution < -0.4 is 34.2 Å². The van der Waals surface area contributed by atoms with Gasteiger partial charge in [0.05, 0.1) is 5.69 Å². The number of nitrogens with one attached hydrogen (secondary N) is 2. The number of aryl methyl sites for hydroxylation is 2. The van der Waals surface area contributed by atoms with Crippen molar-refractivity contribution in [2.45, 2.75) is 58.8 Å². The molecule has 0 spiro atoms. The Kier molecular flexibility index (Phi) is 12.3. The van der Waals surface area contributed by atoms with Crippen LogP contribution in [0.4, 0.5) is 11.4 Å². The number of ether oxygens (including phenoxy) is 1. The first-order valence-corrected chi connectivity index (χ1v) is 13.7. The van der Waals surface area contributed by atoms with Crippen LogP contribution in [-0.4, -0.2) is 31.5 Å². The summed E-state index contributed by atoms with van der Waals surface area (Å²) in [7, 11) is 0. The average molecular weight is 516 g/mol. The van der Waals surface area contributed by atoms with E-state index in [1.165, 1.54) is 24.8 Å². The van der Waals surface area contributed by atoms with Gasteiger partial charge in [-0.15, -0.1) is 12.8 Å². The Bertz CT molecular complexity index is 1210. The van der Waals surface area contributed by atoms with Crippen LogP contribution in [0.25, 0.3) is 5.41 Å². The van der Waals surface area contributed by atoms with Crippen LogP contribution in [-0.2, 0) is 6.42 Å². The zero-order valence-electron chi connectivity index (χ0n) is 23.5. The van der Waals surface area contributed by atoms with Crippen molar-refractivity contribution >= 4 is 29.8 Å². The number of rotatable bonds is 8. The Morgan fingerprint density at radius 2 is 2.08 bits per heavy atom. The molecule has 200 valence electrons. The monoisotopic (exact) mass is 515 g/mol. The minimum absolute atomic E-state index is 0. The predicted octanol–water partition coefficient (Wildman–Crippen LogP) is 4.37. The maximum atomic E-state index is 9.39. The van der Waals surface area contributed by atoms with Crippen LogP contribution in [0.3, 0.4) is 0 Å². The molecule has 2 aliphatic rings. The zero-order valence-corrected chi connectivity index (χ0v) is 23.5. The fourth-order valence-corrected chi connectivity index (χ4v) is 4.95. The predicted molar refractivity (Wildman–Crippen MR) is 159 cm³/mol. The molecule has 4 rings (SSSR count). The summed E-state index contributed by atoms with van der Waals surface area (Å²) >= 11 is 0. The molecule has 2 aromatic rings. The second-order valence-electron chi connectivity index (χ2n) is 10.3. The van der Waals surface area contributed by atoms with Crippen LogP contribution in [0, 0.1) is 31.4 Å². The third-order valence-electron chi connectivity index (χ3n) is 7.18. The van der Waals surface area contributed by atoms with Gasteiger partial charge in [0, 0.05) is 18.0 Å². The van der Waals surface area contributed by atoms with E-state index in [0.717, 1.165) is 79.1 Å². The van der Waals surface area contributed by atoms with Crippen LogP contribution in [0.15, 0.2) is 58.0 Å². The molecular formula is C32H38LiN5O-2. The van der Waals surface area contributed by atoms with Crippen LogP contribution in [0.1, 0.15) is 56.6 Å². The second-order valence-corrected chi connectivity index (χ2v) is 10.3. The topological polar surface area (TPSA) is 80.3 Å². The fraction of sp³-hybridized carbons (Fsp3) is 0.406. The quantitative estimate of drug-likeness (QED) is 0.180. The molecule has 2 N–H and O–H groups in total. The summed E-state index contributed by atoms with van der Waals surface area (Å²) in [5.41, 5.74) is 4.89. The first-order valence-electron chi connectivity index (χ1n) is 13.7. The minimum atomic E-state index is 0. The molecule has 0 bridgehead atoms. The largest absolute Gasteiger partial charge is 1.00 e. The van der Waals surface area contributed by atoms with E-state index in [2.05, 4.69) is 39.7 Å². The molecule has 0 aliphatic carbocycles. The number of allylic oxidation sites excluding steroid dienone is 2. The van der Waals surface area contributed by atoms with E-state index in [1.807, 2.05) is 43.5 Å².